The molecule has 30 heavy (non-hydrogen) atoms. The third-order valence-corrected chi connectivity index (χ3v) is 8.48. The highest BCUT2D eigenvalue weighted by molar-refractivity contribution is 8.07. The first-order valence-corrected chi connectivity index (χ1v) is 12.6. The van der Waals surface area contributed by atoms with Crippen molar-refractivity contribution in [2.24, 2.45) is 0 Å². The van der Waals surface area contributed by atoms with E-state index in [4.69, 9.17) is 16.3 Å². The summed E-state index contributed by atoms with van der Waals surface area (Å²) in [6.07, 6.45) is 0.739. The van der Waals surface area contributed by atoms with E-state index in [1.807, 2.05) is 0 Å². The van der Waals surface area contributed by atoms with Gasteiger partial charge in [0.2, 0.25) is 10.0 Å². The molecule has 0 aliphatic carbocycles. The number of rotatable bonds is 10. The third kappa shape index (κ3) is 5.80. The zero-order valence-electron chi connectivity index (χ0n) is 16.6. The molecular formula is C20H23ClFNO5S2. The van der Waals surface area contributed by atoms with Crippen LogP contribution in [0.2, 0.25) is 5.02 Å². The summed E-state index contributed by atoms with van der Waals surface area (Å²) in [6, 6.07) is 10.8. The maximum absolute atomic E-state index is 14.4. The van der Waals surface area contributed by atoms with Gasteiger partial charge in [-0.25, -0.2) is 21.8 Å². The van der Waals surface area contributed by atoms with Crippen LogP contribution in [0.1, 0.15) is 42.6 Å². The molecule has 1 atom stereocenters. The van der Waals surface area contributed by atoms with Gasteiger partial charge in [-0.05, 0) is 30.5 Å². The van der Waals surface area contributed by atoms with Gasteiger partial charge in [0.25, 0.3) is 0 Å². The molecule has 0 aliphatic heterocycles. The van der Waals surface area contributed by atoms with E-state index in [2.05, 4.69) is 0 Å². The predicted octanol–water partition coefficient (Wildman–Crippen LogP) is 4.46. The van der Waals surface area contributed by atoms with Crippen LogP contribution in [0.25, 0.3) is 0 Å². The Balaban J connectivity index is 2.45. The van der Waals surface area contributed by atoms with E-state index < -0.39 is 43.4 Å². The fraction of sp³-hybridized carbons (Fsp3) is 0.350. The second kappa shape index (κ2) is 10.9. The number of carbonyl (C=O) groups is 1. The molecule has 0 aromatic heterocycles. The lowest BCUT2D eigenvalue weighted by atomic mass is 10.2. The second-order valence-corrected chi connectivity index (χ2v) is 10.3. The maximum Gasteiger partial charge on any atom is 0.343 e. The monoisotopic (exact) mass is 475 g/mol. The minimum absolute atomic E-state index is 0.0600. The first-order chi connectivity index (χ1) is 14.2. The number of halogens is 2. The molecule has 0 saturated heterocycles. The molecule has 0 fully saturated rings. The summed E-state index contributed by atoms with van der Waals surface area (Å²) in [5.74, 6) is -2.22. The lowest BCUT2D eigenvalue weighted by molar-refractivity contribution is 0.0467. The molecule has 0 amide bonds. The van der Waals surface area contributed by atoms with Gasteiger partial charge in [0.05, 0.1) is 16.5 Å². The number of ether oxygens (including phenoxy) is 1. The van der Waals surface area contributed by atoms with Gasteiger partial charge >= 0.3 is 5.97 Å². The lowest BCUT2D eigenvalue weighted by Gasteiger charge is -2.24. The largest absolute Gasteiger partial charge is 0.457 e. The SMILES string of the molecule is CCCS(=O)N(c1ccc(F)c(C(=O)OCc2ccccc2)c1Cl)S(=O)(=O)CCC. The summed E-state index contributed by atoms with van der Waals surface area (Å²) in [5, 5.41) is -0.461. The van der Waals surface area contributed by atoms with E-state index in [0.29, 0.717) is 15.7 Å². The molecule has 6 nitrogen and oxygen atoms in total. The standard InChI is InChI=1S/C20H23ClFNO5S2/c1-3-12-29(25)23(30(26,27)13-4-2)17-11-10-16(22)18(19(17)21)20(24)28-14-15-8-6-5-7-9-15/h5-11H,3-4,12-14H2,1-2H3. The van der Waals surface area contributed by atoms with Gasteiger partial charge in [-0.15, -0.1) is 0 Å². The average Bonchev–Trinajstić information content (AvgIpc) is 2.69. The van der Waals surface area contributed by atoms with Crippen molar-refractivity contribution in [2.45, 2.75) is 33.3 Å². The van der Waals surface area contributed by atoms with Crippen molar-refractivity contribution in [2.75, 3.05) is 15.2 Å². The van der Waals surface area contributed by atoms with Gasteiger partial charge in [0.1, 0.15) is 29.0 Å². The number of anilines is 1. The van der Waals surface area contributed by atoms with Crippen LogP contribution in [-0.4, -0.2) is 30.1 Å². The van der Waals surface area contributed by atoms with Gasteiger partial charge in [-0.3, -0.25) is 0 Å². The molecule has 0 saturated carbocycles. The highest BCUT2D eigenvalue weighted by Crippen LogP contribution is 2.35. The summed E-state index contributed by atoms with van der Waals surface area (Å²) in [7, 11) is -5.97. The Labute approximate surface area is 183 Å². The fourth-order valence-electron chi connectivity index (χ4n) is 2.65. The van der Waals surface area contributed by atoms with Crippen molar-refractivity contribution < 1.29 is 26.5 Å². The average molecular weight is 476 g/mol. The summed E-state index contributed by atoms with van der Waals surface area (Å²) in [4.78, 5) is 12.5. The van der Waals surface area contributed by atoms with Crippen LogP contribution in [0.3, 0.4) is 0 Å². The minimum Gasteiger partial charge on any atom is -0.457 e. The van der Waals surface area contributed by atoms with E-state index in [0.717, 1.165) is 12.1 Å². The molecule has 2 aromatic rings. The van der Waals surface area contributed by atoms with Crippen molar-refractivity contribution in [3.05, 3.63) is 64.4 Å². The normalized spacial score (nSPS) is 12.4. The quantitative estimate of drug-likeness (QED) is 0.474. The predicted molar refractivity (Wildman–Crippen MR) is 117 cm³/mol. The zero-order valence-corrected chi connectivity index (χ0v) is 19.0. The Kier molecular flexibility index (Phi) is 8.81. The highest BCUT2D eigenvalue weighted by atomic mass is 35.5. The molecule has 0 radical (unpaired) electrons. The Morgan fingerprint density at radius 2 is 1.80 bits per heavy atom. The van der Waals surface area contributed by atoms with E-state index in [1.165, 1.54) is 0 Å². The molecule has 0 spiro atoms. The van der Waals surface area contributed by atoms with Gasteiger partial charge in [-0.1, -0.05) is 55.8 Å². The van der Waals surface area contributed by atoms with Crippen molar-refractivity contribution >= 4 is 44.3 Å². The first kappa shape index (κ1) is 24.3. The van der Waals surface area contributed by atoms with Crippen molar-refractivity contribution in [3.8, 4) is 0 Å². The van der Waals surface area contributed by atoms with Crippen LogP contribution in [-0.2, 0) is 32.4 Å². The molecule has 1 unspecified atom stereocenters. The lowest BCUT2D eigenvalue weighted by Crippen LogP contribution is -2.36. The smallest absolute Gasteiger partial charge is 0.343 e. The van der Waals surface area contributed by atoms with Crippen molar-refractivity contribution in [1.82, 2.24) is 0 Å². The number of sulfonamides is 1. The molecule has 0 heterocycles. The summed E-state index contributed by atoms with van der Waals surface area (Å²) in [5.41, 5.74) is -0.130. The molecule has 2 rings (SSSR count). The van der Waals surface area contributed by atoms with Gasteiger partial charge in [0.15, 0.2) is 0 Å². The van der Waals surface area contributed by atoms with Crippen molar-refractivity contribution in [1.29, 1.82) is 0 Å². The van der Waals surface area contributed by atoms with Crippen LogP contribution in [0.4, 0.5) is 10.1 Å². The Bertz CT molecular complexity index is 1020. The number of benzene rings is 2. The Hall–Kier alpha value is -1.97. The Morgan fingerprint density at radius 3 is 2.40 bits per heavy atom. The second-order valence-electron chi connectivity index (χ2n) is 6.39. The fourth-order valence-corrected chi connectivity index (χ4v) is 6.55. The number of esters is 1. The zero-order chi connectivity index (χ0) is 22.3. The number of hydrogen-bond acceptors (Lipinski definition) is 5. The summed E-state index contributed by atoms with van der Waals surface area (Å²) in [6.45, 7) is 3.30. The van der Waals surface area contributed by atoms with E-state index >= 15 is 0 Å². The van der Waals surface area contributed by atoms with E-state index in [1.54, 1.807) is 44.2 Å². The van der Waals surface area contributed by atoms with Crippen LogP contribution in [0.15, 0.2) is 42.5 Å². The van der Waals surface area contributed by atoms with E-state index in [-0.39, 0.29) is 30.2 Å². The van der Waals surface area contributed by atoms with Crippen LogP contribution < -0.4 is 3.71 Å². The first-order valence-electron chi connectivity index (χ1n) is 9.33. The van der Waals surface area contributed by atoms with Gasteiger partial charge < -0.3 is 4.74 Å². The molecule has 164 valence electrons. The number of carbonyl (C=O) groups excluding carboxylic acids is 1. The minimum atomic E-state index is -4.01. The van der Waals surface area contributed by atoms with Gasteiger partial charge in [0, 0.05) is 5.75 Å². The topological polar surface area (TPSA) is 80.8 Å². The number of hydrogen-bond donors (Lipinski definition) is 0. The van der Waals surface area contributed by atoms with Crippen LogP contribution >= 0.6 is 11.6 Å². The molecule has 0 bridgehead atoms. The van der Waals surface area contributed by atoms with Crippen LogP contribution in [0.5, 0.6) is 0 Å². The molecule has 2 aromatic carbocycles. The highest BCUT2D eigenvalue weighted by Gasteiger charge is 2.32. The summed E-state index contributed by atoms with van der Waals surface area (Å²) < 4.78 is 58.4. The number of nitrogens with zero attached hydrogens (tertiary/aromatic N) is 1. The molecular weight excluding hydrogens is 453 g/mol. The summed E-state index contributed by atoms with van der Waals surface area (Å²) >= 11 is 6.25. The Morgan fingerprint density at radius 1 is 1.13 bits per heavy atom. The maximum atomic E-state index is 14.4. The van der Waals surface area contributed by atoms with Crippen molar-refractivity contribution in [3.63, 3.8) is 0 Å². The third-order valence-electron chi connectivity index (χ3n) is 3.96. The molecule has 0 N–H and O–H groups in total. The van der Waals surface area contributed by atoms with Gasteiger partial charge in [-0.2, -0.15) is 3.71 Å². The molecule has 0 aliphatic rings. The van der Waals surface area contributed by atoms with Crippen LogP contribution in [0, 0.1) is 5.82 Å². The molecule has 10 heteroatoms. The van der Waals surface area contributed by atoms with E-state index in [9.17, 15) is 21.8 Å².